The minimum atomic E-state index is -3.38. The maximum atomic E-state index is 12.0. The van der Waals surface area contributed by atoms with Crippen molar-refractivity contribution in [3.05, 3.63) is 58.4 Å². The lowest BCUT2D eigenvalue weighted by atomic mass is 10.1. The summed E-state index contributed by atoms with van der Waals surface area (Å²) in [5.74, 6) is 2.96. The summed E-state index contributed by atoms with van der Waals surface area (Å²) in [7, 11) is -3.38. The van der Waals surface area contributed by atoms with E-state index in [0.717, 1.165) is 28.1 Å². The normalized spacial score (nSPS) is 11.0. The average Bonchev–Trinajstić information content (AvgIpc) is 2.77. The maximum absolute atomic E-state index is 12.0. The third-order valence-corrected chi connectivity index (χ3v) is 4.76. The Morgan fingerprint density at radius 2 is 1.83 bits per heavy atom. The summed E-state index contributed by atoms with van der Waals surface area (Å²) in [5.41, 5.74) is 5.14. The highest BCUT2D eigenvalue weighted by atomic mass is 32.2. The first-order chi connectivity index (χ1) is 10.8. The summed E-state index contributed by atoms with van der Waals surface area (Å²) in [5, 5.41) is 0. The second-order valence-corrected chi connectivity index (χ2v) is 7.66. The van der Waals surface area contributed by atoms with E-state index in [1.54, 1.807) is 0 Å². The van der Waals surface area contributed by atoms with Gasteiger partial charge in [-0.05, 0) is 50.0 Å². The fourth-order valence-corrected chi connectivity index (χ4v) is 3.03. The molecular formula is C18H22N2O2S. The van der Waals surface area contributed by atoms with E-state index in [9.17, 15) is 8.42 Å². The van der Waals surface area contributed by atoms with Crippen molar-refractivity contribution < 1.29 is 8.42 Å². The Morgan fingerprint density at radius 3 is 2.39 bits per heavy atom. The van der Waals surface area contributed by atoms with Gasteiger partial charge in [0.25, 0.3) is 0 Å². The van der Waals surface area contributed by atoms with Crippen LogP contribution in [0.1, 0.15) is 28.1 Å². The van der Waals surface area contributed by atoms with Crippen LogP contribution in [0.2, 0.25) is 0 Å². The second-order valence-electron chi connectivity index (χ2n) is 5.75. The number of nitrogens with zero attached hydrogens (tertiary/aromatic N) is 1. The first-order valence-corrected chi connectivity index (χ1v) is 9.32. The van der Waals surface area contributed by atoms with Crippen LogP contribution in [-0.2, 0) is 16.4 Å². The molecule has 5 heteroatoms. The Kier molecular flexibility index (Phi) is 5.17. The zero-order valence-electron chi connectivity index (χ0n) is 14.0. The van der Waals surface area contributed by atoms with Crippen LogP contribution in [-0.4, -0.2) is 30.5 Å². The van der Waals surface area contributed by atoms with Gasteiger partial charge in [-0.3, -0.25) is 0 Å². The van der Waals surface area contributed by atoms with Crippen molar-refractivity contribution in [2.45, 2.75) is 27.2 Å². The third-order valence-electron chi connectivity index (χ3n) is 3.68. The SMILES string of the molecule is Cc1cc(C)c(CCN(C#Cc2ccccc2C)S(C)(=O)=O)[nH]1. The van der Waals surface area contributed by atoms with Gasteiger partial charge in [-0.1, -0.05) is 18.2 Å². The van der Waals surface area contributed by atoms with Crippen molar-refractivity contribution in [2.24, 2.45) is 0 Å². The second kappa shape index (κ2) is 6.93. The lowest BCUT2D eigenvalue weighted by molar-refractivity contribution is 0.517. The van der Waals surface area contributed by atoms with E-state index in [4.69, 9.17) is 0 Å². The Morgan fingerprint density at radius 1 is 1.13 bits per heavy atom. The summed E-state index contributed by atoms with van der Waals surface area (Å²) < 4.78 is 25.1. The van der Waals surface area contributed by atoms with Crippen molar-refractivity contribution in [3.63, 3.8) is 0 Å². The van der Waals surface area contributed by atoms with Crippen molar-refractivity contribution in [1.29, 1.82) is 0 Å². The number of aromatic amines is 1. The van der Waals surface area contributed by atoms with Crippen LogP contribution in [0.3, 0.4) is 0 Å². The lowest BCUT2D eigenvalue weighted by Crippen LogP contribution is -2.27. The molecule has 0 atom stereocenters. The highest BCUT2D eigenvalue weighted by molar-refractivity contribution is 7.88. The molecular weight excluding hydrogens is 308 g/mol. The minimum absolute atomic E-state index is 0.332. The maximum Gasteiger partial charge on any atom is 0.238 e. The number of hydrogen-bond acceptors (Lipinski definition) is 2. The van der Waals surface area contributed by atoms with Crippen LogP contribution in [0.25, 0.3) is 0 Å². The molecule has 4 nitrogen and oxygen atoms in total. The Labute approximate surface area is 138 Å². The van der Waals surface area contributed by atoms with Gasteiger partial charge in [-0.2, -0.15) is 0 Å². The van der Waals surface area contributed by atoms with Crippen LogP contribution in [0.4, 0.5) is 0 Å². The highest BCUT2D eigenvalue weighted by Gasteiger charge is 2.14. The van der Waals surface area contributed by atoms with Gasteiger partial charge in [0.15, 0.2) is 0 Å². The lowest BCUT2D eigenvalue weighted by Gasteiger charge is -2.14. The van der Waals surface area contributed by atoms with E-state index < -0.39 is 10.0 Å². The molecule has 0 spiro atoms. The zero-order chi connectivity index (χ0) is 17.0. The predicted octanol–water partition coefficient (Wildman–Crippen LogP) is 2.75. The van der Waals surface area contributed by atoms with E-state index >= 15 is 0 Å². The number of aryl methyl sites for hydroxylation is 3. The molecule has 1 N–H and O–H groups in total. The van der Waals surface area contributed by atoms with Crippen LogP contribution < -0.4 is 0 Å². The van der Waals surface area contributed by atoms with Crippen molar-refractivity contribution in [2.75, 3.05) is 12.8 Å². The van der Waals surface area contributed by atoms with Gasteiger partial charge >= 0.3 is 0 Å². The molecule has 1 aromatic heterocycles. The quantitative estimate of drug-likeness (QED) is 0.692. The molecule has 0 unspecified atom stereocenters. The molecule has 1 aromatic carbocycles. The molecule has 0 amide bonds. The number of benzene rings is 1. The fraction of sp³-hybridized carbons (Fsp3) is 0.333. The standard InChI is InChI=1S/C18H22N2O2S/c1-14-7-5-6-8-17(14)9-11-20(23(4,21)22)12-10-18-15(2)13-16(3)19-18/h5-8,13,19H,10,12H2,1-4H3. The summed E-state index contributed by atoms with van der Waals surface area (Å²) in [6, 6.07) is 12.5. The van der Waals surface area contributed by atoms with Gasteiger partial charge in [-0.25, -0.2) is 12.7 Å². The number of rotatable bonds is 4. The number of hydrogen-bond donors (Lipinski definition) is 1. The fourth-order valence-electron chi connectivity index (χ4n) is 2.40. The van der Waals surface area contributed by atoms with E-state index in [-0.39, 0.29) is 0 Å². The topological polar surface area (TPSA) is 53.2 Å². The Balaban J connectivity index is 2.19. The summed E-state index contributed by atoms with van der Waals surface area (Å²) in [6.45, 7) is 6.30. The molecule has 0 aliphatic rings. The molecule has 0 aliphatic heterocycles. The van der Waals surface area contributed by atoms with Gasteiger partial charge in [0.1, 0.15) is 0 Å². The van der Waals surface area contributed by atoms with Gasteiger partial charge in [-0.15, -0.1) is 0 Å². The van der Waals surface area contributed by atoms with E-state index in [1.807, 2.05) is 45.0 Å². The number of sulfonamides is 1. The Bertz CT molecular complexity index is 855. The molecule has 0 radical (unpaired) electrons. The molecule has 2 aromatic rings. The molecule has 0 aliphatic carbocycles. The largest absolute Gasteiger partial charge is 0.362 e. The summed E-state index contributed by atoms with van der Waals surface area (Å²) in [6.07, 6.45) is 1.79. The predicted molar refractivity (Wildman–Crippen MR) is 93.6 cm³/mol. The number of aromatic nitrogens is 1. The molecule has 122 valence electrons. The van der Waals surface area contributed by atoms with Gasteiger partial charge in [0.05, 0.1) is 6.26 Å². The highest BCUT2D eigenvalue weighted by Crippen LogP contribution is 2.11. The van der Waals surface area contributed by atoms with Crippen molar-refractivity contribution in [3.8, 4) is 12.0 Å². The molecule has 0 fully saturated rings. The molecule has 0 saturated carbocycles. The first-order valence-electron chi connectivity index (χ1n) is 7.47. The van der Waals surface area contributed by atoms with Crippen molar-refractivity contribution in [1.82, 2.24) is 9.29 Å². The van der Waals surface area contributed by atoms with Crippen LogP contribution in [0.15, 0.2) is 30.3 Å². The zero-order valence-corrected chi connectivity index (χ0v) is 14.8. The van der Waals surface area contributed by atoms with Crippen LogP contribution >= 0.6 is 0 Å². The smallest absolute Gasteiger partial charge is 0.238 e. The first kappa shape index (κ1) is 17.2. The molecule has 0 bridgehead atoms. The van der Waals surface area contributed by atoms with Crippen LogP contribution in [0, 0.1) is 32.7 Å². The van der Waals surface area contributed by atoms with Gasteiger partial charge in [0.2, 0.25) is 10.0 Å². The third kappa shape index (κ3) is 4.64. The molecule has 23 heavy (non-hydrogen) atoms. The van der Waals surface area contributed by atoms with E-state index in [1.165, 1.54) is 10.6 Å². The summed E-state index contributed by atoms with van der Waals surface area (Å²) >= 11 is 0. The number of H-pyrrole nitrogens is 1. The Hall–Kier alpha value is -2.19. The minimum Gasteiger partial charge on any atom is -0.362 e. The van der Waals surface area contributed by atoms with Crippen molar-refractivity contribution >= 4 is 10.0 Å². The summed E-state index contributed by atoms with van der Waals surface area (Å²) in [4.78, 5) is 3.26. The van der Waals surface area contributed by atoms with Crippen LogP contribution in [0.5, 0.6) is 0 Å². The molecule has 2 rings (SSSR count). The van der Waals surface area contributed by atoms with Gasteiger partial charge in [0, 0.05) is 36.0 Å². The average molecular weight is 330 g/mol. The monoisotopic (exact) mass is 330 g/mol. The number of nitrogens with one attached hydrogen (secondary N) is 1. The van der Waals surface area contributed by atoms with Gasteiger partial charge < -0.3 is 4.98 Å². The molecule has 0 saturated heterocycles. The van der Waals surface area contributed by atoms with E-state index in [0.29, 0.717) is 13.0 Å². The molecule has 1 heterocycles. The van der Waals surface area contributed by atoms with E-state index in [2.05, 4.69) is 23.0 Å².